The first-order chi connectivity index (χ1) is 9.25. The molecule has 19 heavy (non-hydrogen) atoms. The van der Waals surface area contributed by atoms with Crippen molar-refractivity contribution in [2.45, 2.75) is 32.2 Å². The van der Waals surface area contributed by atoms with Gasteiger partial charge in [0.2, 0.25) is 0 Å². The molecule has 1 aliphatic heterocycles. The number of nitrogens with zero attached hydrogens (tertiary/aromatic N) is 1. The molecule has 0 unspecified atom stereocenters. The van der Waals surface area contributed by atoms with Gasteiger partial charge in [-0.3, -0.25) is 0 Å². The molecule has 0 aliphatic carbocycles. The summed E-state index contributed by atoms with van der Waals surface area (Å²) in [4.78, 5) is 2.43. The minimum Gasteiger partial charge on any atom is -0.317 e. The fraction of sp³-hybridized carbons (Fsp3) is 0.625. The summed E-state index contributed by atoms with van der Waals surface area (Å²) in [5, 5.41) is 3.44. The largest absolute Gasteiger partial charge is 0.317 e. The quantitative estimate of drug-likeness (QED) is 0.859. The molecular weight excluding hydrogens is 300 g/mol. The molecule has 0 bridgehead atoms. The molecule has 1 N–H and O–H groups in total. The molecule has 2 rings (SSSR count). The molecule has 1 aliphatic rings. The molecule has 0 radical (unpaired) electrons. The van der Waals surface area contributed by atoms with Crippen LogP contribution in [-0.2, 0) is 6.54 Å². The van der Waals surface area contributed by atoms with Crippen LogP contribution in [0.2, 0.25) is 0 Å². The maximum Gasteiger partial charge on any atom is 0.0241 e. The standard InChI is InChI=1S/C16H25BrN2/c1-19(13-15-6-2-3-7-16(15)17)12-4-5-14-8-10-18-11-9-14/h2-3,6-7,14,18H,4-5,8-13H2,1H3. The molecular formula is C16H25BrN2. The van der Waals surface area contributed by atoms with E-state index in [0.717, 1.165) is 12.5 Å². The minimum atomic E-state index is 0.957. The lowest BCUT2D eigenvalue weighted by molar-refractivity contribution is 0.285. The van der Waals surface area contributed by atoms with E-state index in [1.807, 2.05) is 0 Å². The number of benzene rings is 1. The second-order valence-corrected chi connectivity index (χ2v) is 6.52. The fourth-order valence-corrected chi connectivity index (χ4v) is 3.23. The highest BCUT2D eigenvalue weighted by atomic mass is 79.9. The SMILES string of the molecule is CN(CCCC1CCNCC1)Cc1ccccc1Br. The zero-order chi connectivity index (χ0) is 13.5. The summed E-state index contributed by atoms with van der Waals surface area (Å²) in [6.45, 7) is 4.67. The number of hydrogen-bond acceptors (Lipinski definition) is 2. The Morgan fingerprint density at radius 1 is 1.26 bits per heavy atom. The van der Waals surface area contributed by atoms with Gasteiger partial charge in [-0.25, -0.2) is 0 Å². The molecule has 3 heteroatoms. The van der Waals surface area contributed by atoms with Crippen LogP contribution in [0.5, 0.6) is 0 Å². The van der Waals surface area contributed by atoms with Crippen molar-refractivity contribution in [1.29, 1.82) is 0 Å². The van der Waals surface area contributed by atoms with Crippen LogP contribution in [0.4, 0.5) is 0 Å². The van der Waals surface area contributed by atoms with E-state index in [0.29, 0.717) is 0 Å². The smallest absolute Gasteiger partial charge is 0.0241 e. The number of hydrogen-bond donors (Lipinski definition) is 1. The van der Waals surface area contributed by atoms with Crippen LogP contribution in [0.3, 0.4) is 0 Å². The molecule has 1 saturated heterocycles. The van der Waals surface area contributed by atoms with Gasteiger partial charge < -0.3 is 10.2 Å². The Hall–Kier alpha value is -0.380. The molecule has 0 saturated carbocycles. The number of nitrogens with one attached hydrogen (secondary N) is 1. The van der Waals surface area contributed by atoms with E-state index in [1.54, 1.807) is 0 Å². The van der Waals surface area contributed by atoms with Gasteiger partial charge in [-0.15, -0.1) is 0 Å². The summed E-state index contributed by atoms with van der Waals surface area (Å²) < 4.78 is 1.22. The van der Waals surface area contributed by atoms with E-state index in [4.69, 9.17) is 0 Å². The second-order valence-electron chi connectivity index (χ2n) is 5.66. The first kappa shape index (κ1) is 15.0. The van der Waals surface area contributed by atoms with Gasteiger partial charge in [0.05, 0.1) is 0 Å². The first-order valence-corrected chi connectivity index (χ1v) is 8.17. The highest BCUT2D eigenvalue weighted by Crippen LogP contribution is 2.19. The van der Waals surface area contributed by atoms with E-state index in [9.17, 15) is 0 Å². The van der Waals surface area contributed by atoms with Gasteiger partial charge in [0.15, 0.2) is 0 Å². The van der Waals surface area contributed by atoms with E-state index >= 15 is 0 Å². The normalized spacial score (nSPS) is 17.0. The predicted octanol–water partition coefficient (Wildman–Crippen LogP) is 3.66. The van der Waals surface area contributed by atoms with Crippen LogP contribution in [0.1, 0.15) is 31.2 Å². The Bertz CT molecular complexity index is 375. The third-order valence-corrected chi connectivity index (χ3v) is 4.78. The molecule has 106 valence electrons. The zero-order valence-electron chi connectivity index (χ0n) is 11.9. The Balaban J connectivity index is 1.67. The van der Waals surface area contributed by atoms with Crippen molar-refractivity contribution >= 4 is 15.9 Å². The molecule has 2 nitrogen and oxygen atoms in total. The van der Waals surface area contributed by atoms with Gasteiger partial charge in [0, 0.05) is 11.0 Å². The topological polar surface area (TPSA) is 15.3 Å². The van der Waals surface area contributed by atoms with Crippen molar-refractivity contribution < 1.29 is 0 Å². The van der Waals surface area contributed by atoms with Gasteiger partial charge in [-0.1, -0.05) is 34.1 Å². The summed E-state index contributed by atoms with van der Waals surface area (Å²) in [7, 11) is 2.22. The predicted molar refractivity (Wildman–Crippen MR) is 85.3 cm³/mol. The summed E-state index contributed by atoms with van der Waals surface area (Å²) >= 11 is 3.62. The summed E-state index contributed by atoms with van der Waals surface area (Å²) in [5.74, 6) is 0.957. The van der Waals surface area contributed by atoms with E-state index in [2.05, 4.69) is 57.5 Å². The highest BCUT2D eigenvalue weighted by molar-refractivity contribution is 9.10. The molecule has 0 spiro atoms. The number of piperidine rings is 1. The number of rotatable bonds is 6. The van der Waals surface area contributed by atoms with Crippen molar-refractivity contribution in [1.82, 2.24) is 10.2 Å². The Morgan fingerprint density at radius 3 is 2.74 bits per heavy atom. The minimum absolute atomic E-state index is 0.957. The zero-order valence-corrected chi connectivity index (χ0v) is 13.5. The Kier molecular flexibility index (Phi) is 6.35. The van der Waals surface area contributed by atoms with Crippen LogP contribution < -0.4 is 5.32 Å². The van der Waals surface area contributed by atoms with E-state index in [1.165, 1.54) is 55.4 Å². The van der Waals surface area contributed by atoms with Gasteiger partial charge in [0.1, 0.15) is 0 Å². The molecule has 1 fully saturated rings. The summed E-state index contributed by atoms with van der Waals surface area (Å²) in [5.41, 5.74) is 1.38. The van der Waals surface area contributed by atoms with Gasteiger partial charge in [0.25, 0.3) is 0 Å². The van der Waals surface area contributed by atoms with E-state index in [-0.39, 0.29) is 0 Å². The van der Waals surface area contributed by atoms with Gasteiger partial charge >= 0.3 is 0 Å². The van der Waals surface area contributed by atoms with Gasteiger partial charge in [-0.05, 0) is 69.9 Å². The van der Waals surface area contributed by atoms with Crippen molar-refractivity contribution in [2.24, 2.45) is 5.92 Å². The molecule has 1 aromatic rings. The third kappa shape index (κ3) is 5.25. The van der Waals surface area contributed by atoms with Crippen LogP contribution >= 0.6 is 15.9 Å². The van der Waals surface area contributed by atoms with Crippen LogP contribution in [-0.4, -0.2) is 31.6 Å². The fourth-order valence-electron chi connectivity index (χ4n) is 2.82. The average molecular weight is 325 g/mol. The van der Waals surface area contributed by atoms with Crippen LogP contribution in [0.25, 0.3) is 0 Å². The maximum absolute atomic E-state index is 3.62. The lowest BCUT2D eigenvalue weighted by Gasteiger charge is -2.24. The molecule has 0 aromatic heterocycles. The second kappa shape index (κ2) is 8.03. The van der Waals surface area contributed by atoms with Crippen molar-refractivity contribution in [2.75, 3.05) is 26.7 Å². The highest BCUT2D eigenvalue weighted by Gasteiger charge is 2.12. The lowest BCUT2D eigenvalue weighted by Crippen LogP contribution is -2.28. The Morgan fingerprint density at radius 2 is 2.00 bits per heavy atom. The molecule has 0 atom stereocenters. The third-order valence-electron chi connectivity index (χ3n) is 4.01. The van der Waals surface area contributed by atoms with Crippen molar-refractivity contribution in [3.8, 4) is 0 Å². The monoisotopic (exact) mass is 324 g/mol. The summed E-state index contributed by atoms with van der Waals surface area (Å²) in [6.07, 6.45) is 5.45. The Labute approximate surface area is 125 Å². The first-order valence-electron chi connectivity index (χ1n) is 7.38. The molecule has 1 aromatic carbocycles. The molecule has 0 amide bonds. The number of halogens is 1. The van der Waals surface area contributed by atoms with Crippen molar-refractivity contribution in [3.05, 3.63) is 34.3 Å². The van der Waals surface area contributed by atoms with E-state index < -0.39 is 0 Å². The molecule has 1 heterocycles. The lowest BCUT2D eigenvalue weighted by atomic mass is 9.93. The average Bonchev–Trinajstić information content (AvgIpc) is 2.43. The van der Waals surface area contributed by atoms with Crippen LogP contribution in [0, 0.1) is 5.92 Å². The summed E-state index contributed by atoms with van der Waals surface area (Å²) in [6, 6.07) is 8.51. The van der Waals surface area contributed by atoms with Crippen molar-refractivity contribution in [3.63, 3.8) is 0 Å². The van der Waals surface area contributed by atoms with Crippen LogP contribution in [0.15, 0.2) is 28.7 Å². The maximum atomic E-state index is 3.62. The van der Waals surface area contributed by atoms with Gasteiger partial charge in [-0.2, -0.15) is 0 Å².